The molecule has 2 saturated heterocycles. The van der Waals surface area contributed by atoms with Gasteiger partial charge in [0, 0.05) is 17.4 Å². The summed E-state index contributed by atoms with van der Waals surface area (Å²) in [7, 11) is 1.47. The van der Waals surface area contributed by atoms with Gasteiger partial charge in [-0.25, -0.2) is 14.5 Å². The van der Waals surface area contributed by atoms with E-state index in [4.69, 9.17) is 20.9 Å². The van der Waals surface area contributed by atoms with Gasteiger partial charge in [0.1, 0.15) is 31.1 Å². The number of nitrogens with two attached hydrogens (primary N) is 2. The Hall–Kier alpha value is -2.33. The first-order valence-electron chi connectivity index (χ1n) is 14.3. The summed E-state index contributed by atoms with van der Waals surface area (Å²) in [4.78, 5) is 67.7. The number of nitrogens with zero attached hydrogens (tertiary/aromatic N) is 7. The number of aryl methyl sites for hydroxylation is 1. The van der Waals surface area contributed by atoms with Gasteiger partial charge in [-0.15, -0.1) is 0 Å². The zero-order valence-corrected chi connectivity index (χ0v) is 31.0. The van der Waals surface area contributed by atoms with Crippen LogP contribution < -0.4 is 41.4 Å². The maximum atomic E-state index is 12.7. The maximum Gasteiger partial charge on any atom is 0.309 e. The molecule has 0 bridgehead atoms. The Bertz CT molecular complexity index is 2230. The highest BCUT2D eigenvalue weighted by molar-refractivity contribution is 8.56. The molecule has 0 aliphatic carbocycles. The lowest BCUT2D eigenvalue weighted by molar-refractivity contribution is -0.745. The van der Waals surface area contributed by atoms with E-state index in [1.165, 1.54) is 22.5 Å². The minimum atomic E-state index is -5.36. The molecule has 0 aromatic carbocycles. The summed E-state index contributed by atoms with van der Waals surface area (Å²) >= 11 is 4.32. The van der Waals surface area contributed by atoms with E-state index in [2.05, 4.69) is 45.3 Å². The summed E-state index contributed by atoms with van der Waals surface area (Å²) in [6.45, 7) is -16.1. The smallest absolute Gasteiger partial charge is 0.309 e. The Labute approximate surface area is 302 Å². The van der Waals surface area contributed by atoms with Crippen LogP contribution in [0.25, 0.3) is 22.3 Å². The Balaban J connectivity index is 1.04. The molecule has 286 valence electrons. The van der Waals surface area contributed by atoms with Crippen molar-refractivity contribution in [2.75, 3.05) is 23.0 Å². The molecular weight excluding hydrogens is 821 g/mol. The fraction of sp³-hybridized carbons (Fsp3) is 0.524. The molecule has 31 heteroatoms. The van der Waals surface area contributed by atoms with Gasteiger partial charge in [-0.1, -0.05) is 39.6 Å². The van der Waals surface area contributed by atoms with Gasteiger partial charge in [0.05, 0.1) is 25.6 Å². The average Bonchev–Trinajstić information content (AvgIpc) is 3.74. The van der Waals surface area contributed by atoms with Crippen LogP contribution in [-0.2, 0) is 46.1 Å². The molecule has 25 nitrogen and oxygen atoms in total. The van der Waals surface area contributed by atoms with Crippen LogP contribution in [0.5, 0.6) is 5.88 Å². The number of nitrogen functional groups attached to an aromatic ring is 2. The van der Waals surface area contributed by atoms with Crippen molar-refractivity contribution in [3.63, 3.8) is 0 Å². The van der Waals surface area contributed by atoms with Gasteiger partial charge in [0.2, 0.25) is 12.2 Å². The SMILES string of the molecule is Cn1c[n+]([C@@H]2O[C@H](CSP(=O)([O-])OP([O-])(=S)OP(=O)([O-])SC[C@H]3O[C@@H](n4cnc5c(=O)[nH]c(N)nc54)C(O)[C@H]3O)C(O)[C@@H]2O)c2nc(N)nc([O-])c21. The highest BCUT2D eigenvalue weighted by Crippen LogP contribution is 2.70. The molecule has 4 aromatic heterocycles. The average molecular weight is 848 g/mol. The van der Waals surface area contributed by atoms with Gasteiger partial charge >= 0.3 is 5.65 Å². The third-order valence-corrected chi connectivity index (χ3v) is 17.6. The molecule has 2 aliphatic rings. The number of rotatable bonds is 12. The number of ether oxygens (including phenoxy) is 2. The first-order valence-corrected chi connectivity index (χ1v) is 23.1. The van der Waals surface area contributed by atoms with E-state index < -0.39 is 92.3 Å². The summed E-state index contributed by atoms with van der Waals surface area (Å²) in [6.07, 6.45) is -10.0. The Morgan fingerprint density at radius 3 is 2.23 bits per heavy atom. The van der Waals surface area contributed by atoms with Crippen LogP contribution in [0.1, 0.15) is 12.5 Å². The first kappa shape index (κ1) is 39.4. The van der Waals surface area contributed by atoms with Crippen molar-refractivity contribution in [3.05, 3.63) is 23.0 Å². The van der Waals surface area contributed by atoms with Gasteiger partial charge in [-0.05, 0) is 0 Å². The molecular formula is C21H26N10O15P3S3-3. The normalized spacial score (nSPS) is 30.1. The second-order valence-electron chi connectivity index (χ2n) is 11.2. The van der Waals surface area contributed by atoms with Crippen molar-refractivity contribution in [1.82, 2.24) is 34.1 Å². The number of aliphatic hydroxyl groups is 4. The molecule has 52 heavy (non-hydrogen) atoms. The molecule has 11 atom stereocenters. The van der Waals surface area contributed by atoms with E-state index in [1.807, 2.05) is 0 Å². The van der Waals surface area contributed by atoms with Crippen molar-refractivity contribution in [3.8, 4) is 5.88 Å². The van der Waals surface area contributed by atoms with Gasteiger partial charge in [-0.3, -0.25) is 36.7 Å². The highest BCUT2D eigenvalue weighted by Gasteiger charge is 2.48. The van der Waals surface area contributed by atoms with Crippen molar-refractivity contribution >= 4 is 89.1 Å². The first-order chi connectivity index (χ1) is 24.2. The van der Waals surface area contributed by atoms with Crippen LogP contribution in [0.15, 0.2) is 17.4 Å². The summed E-state index contributed by atoms with van der Waals surface area (Å²) in [5, 5.41) is 54.6. The lowest BCUT2D eigenvalue weighted by Crippen LogP contribution is -2.46. The largest absolute Gasteiger partial charge is 0.856 e. The number of aliphatic hydroxyl groups excluding tert-OH is 4. The zero-order chi connectivity index (χ0) is 38.1. The fourth-order valence-electron chi connectivity index (χ4n) is 5.37. The zero-order valence-electron chi connectivity index (χ0n) is 25.8. The number of aromatic amines is 1. The number of nitrogens with one attached hydrogen (secondary N) is 1. The van der Waals surface area contributed by atoms with Crippen LogP contribution in [0.4, 0.5) is 11.9 Å². The number of hydrogen-bond acceptors (Lipinski definition) is 24. The summed E-state index contributed by atoms with van der Waals surface area (Å²) in [6, 6.07) is 0. The van der Waals surface area contributed by atoms with Crippen molar-refractivity contribution in [2.24, 2.45) is 7.05 Å². The molecule has 6 heterocycles. The quantitative estimate of drug-likeness (QED) is 0.0518. The summed E-state index contributed by atoms with van der Waals surface area (Å²) in [5.74, 6) is -2.71. The minimum absolute atomic E-state index is 0.0101. The van der Waals surface area contributed by atoms with Crippen LogP contribution in [-0.4, -0.2) is 103 Å². The number of fused-ring (bicyclic) bond motifs is 2. The fourth-order valence-corrected chi connectivity index (χ4v) is 16.1. The van der Waals surface area contributed by atoms with Crippen LogP contribution in [0.3, 0.4) is 0 Å². The van der Waals surface area contributed by atoms with E-state index in [9.17, 15) is 54.1 Å². The van der Waals surface area contributed by atoms with Gasteiger partial charge < -0.3 is 61.2 Å². The second-order valence-corrected chi connectivity index (χ2v) is 21.9. The van der Waals surface area contributed by atoms with Crippen LogP contribution in [0.2, 0.25) is 0 Å². The monoisotopic (exact) mass is 847 g/mol. The molecule has 0 amide bonds. The number of anilines is 2. The Kier molecular flexibility index (Phi) is 10.9. The molecule has 9 N–H and O–H groups in total. The minimum Gasteiger partial charge on any atom is -0.856 e. The highest BCUT2D eigenvalue weighted by atomic mass is 32.7. The molecule has 5 unspecified atom stereocenters. The molecule has 0 radical (unpaired) electrons. The third-order valence-electron chi connectivity index (χ3n) is 7.61. The lowest BCUT2D eigenvalue weighted by Gasteiger charge is -2.38. The predicted octanol–water partition coefficient (Wildman–Crippen LogP) is -5.11. The molecule has 0 saturated carbocycles. The number of imidazole rings is 2. The van der Waals surface area contributed by atoms with Gasteiger partial charge in [0.15, 0.2) is 42.8 Å². The molecule has 2 aliphatic heterocycles. The van der Waals surface area contributed by atoms with E-state index in [0.29, 0.717) is 0 Å². The van der Waals surface area contributed by atoms with Crippen LogP contribution in [0, 0.1) is 0 Å². The van der Waals surface area contributed by atoms with E-state index >= 15 is 0 Å². The second kappa shape index (κ2) is 14.4. The number of aromatic nitrogens is 8. The Morgan fingerprint density at radius 2 is 1.60 bits per heavy atom. The third kappa shape index (κ3) is 7.90. The molecule has 4 aromatic rings. The predicted molar refractivity (Wildman–Crippen MR) is 174 cm³/mol. The maximum absolute atomic E-state index is 12.7. The number of hydrogen-bond donors (Lipinski definition) is 7. The number of H-pyrrole nitrogens is 1. The molecule has 6 rings (SSSR count). The van der Waals surface area contributed by atoms with Crippen molar-refractivity contribution in [2.45, 2.75) is 49.1 Å². The van der Waals surface area contributed by atoms with Crippen molar-refractivity contribution in [1.29, 1.82) is 0 Å². The Morgan fingerprint density at radius 1 is 1.00 bits per heavy atom. The molecule has 2 fully saturated rings. The van der Waals surface area contributed by atoms with Gasteiger partial charge in [0.25, 0.3) is 11.5 Å². The van der Waals surface area contributed by atoms with Crippen molar-refractivity contribution < 1.29 is 72.0 Å². The standard InChI is InChI=1S/C21H29N10O15P3S3/c1-29-5-31(15-9(29)17(37)28-21(23)26-15)19-13(35)11(33)7(44-19)3-52-48(40,41)46-49(42,50)45-47(38,39)51-2-6-10(32)12(34)18(43-6)30-4-24-8-14(30)25-20(22)27-16(8)36/h4-7,10-13,18-19,32-35H,2-3H2,1H3,(H8-,22,23,25,26,27,28,36,37,38,39,40,41,42,50)/p-3/t6-,7-,10+,11?,12?,13+,18-,19-,49?/m1/s1. The lowest BCUT2D eigenvalue weighted by atomic mass is 10.1. The van der Waals surface area contributed by atoms with E-state index in [-0.39, 0.29) is 57.0 Å². The molecule has 0 spiro atoms. The van der Waals surface area contributed by atoms with E-state index in [0.717, 1.165) is 10.9 Å². The summed E-state index contributed by atoms with van der Waals surface area (Å²) in [5.41, 5.74) is 10.1. The van der Waals surface area contributed by atoms with Crippen LogP contribution >= 0.6 is 43.1 Å². The van der Waals surface area contributed by atoms with E-state index in [1.54, 1.807) is 0 Å². The van der Waals surface area contributed by atoms with Gasteiger partial charge in [-0.2, -0.15) is 4.98 Å². The summed E-state index contributed by atoms with van der Waals surface area (Å²) < 4.78 is 48.9. The topological polar surface area (TPSA) is 394 Å².